The molecule has 0 radical (unpaired) electrons. The highest BCUT2D eigenvalue weighted by Gasteiger charge is 2.77. The summed E-state index contributed by atoms with van der Waals surface area (Å²) in [6.07, 6.45) is 3.81. The lowest BCUT2D eigenvalue weighted by atomic mass is 9.70. The van der Waals surface area contributed by atoms with Gasteiger partial charge in [-0.1, -0.05) is 42.3 Å². The molecule has 32 heavy (non-hydrogen) atoms. The molecule has 3 fully saturated rings. The van der Waals surface area contributed by atoms with Crippen molar-refractivity contribution in [2.45, 2.75) is 75.1 Å². The highest BCUT2D eigenvalue weighted by Crippen LogP contribution is 2.60. The number of hydrogen-bond donors (Lipinski definition) is 1. The van der Waals surface area contributed by atoms with E-state index in [1.165, 1.54) is 4.90 Å². The Morgan fingerprint density at radius 3 is 2.72 bits per heavy atom. The van der Waals surface area contributed by atoms with Gasteiger partial charge in [0.25, 0.3) is 0 Å². The number of carbonyl (C=O) groups is 3. The summed E-state index contributed by atoms with van der Waals surface area (Å²) < 4.78 is 11.7. The van der Waals surface area contributed by atoms with Crippen molar-refractivity contribution in [3.05, 3.63) is 12.7 Å². The normalized spacial score (nSPS) is 33.8. The molecule has 0 aromatic rings. The van der Waals surface area contributed by atoms with Crippen LogP contribution >= 0.6 is 15.9 Å². The molecule has 0 aromatic heterocycles. The van der Waals surface area contributed by atoms with E-state index >= 15 is 0 Å². The molecule has 180 valence electrons. The molecule has 3 aliphatic heterocycles. The molecule has 2 bridgehead atoms. The van der Waals surface area contributed by atoms with E-state index in [1.807, 2.05) is 6.92 Å². The van der Waals surface area contributed by atoms with Gasteiger partial charge in [0.1, 0.15) is 11.6 Å². The Morgan fingerprint density at radius 1 is 1.44 bits per heavy atom. The minimum atomic E-state index is -1.13. The van der Waals surface area contributed by atoms with Crippen LogP contribution in [0, 0.1) is 11.8 Å². The second-order valence-electron chi connectivity index (χ2n) is 8.83. The van der Waals surface area contributed by atoms with Gasteiger partial charge in [0.05, 0.1) is 37.2 Å². The molecule has 3 heterocycles. The molecule has 3 aliphatic rings. The fourth-order valence-electron chi connectivity index (χ4n) is 5.63. The minimum Gasteiger partial charge on any atom is -0.466 e. The van der Waals surface area contributed by atoms with Crippen LogP contribution in [0.5, 0.6) is 0 Å². The number of unbranched alkanes of at least 4 members (excludes halogenated alkanes) is 1. The molecule has 1 spiro atoms. The number of nitrogens with zero attached hydrogens (tertiary/aromatic N) is 2. The zero-order valence-electron chi connectivity index (χ0n) is 19.2. The van der Waals surface area contributed by atoms with Gasteiger partial charge < -0.3 is 24.4 Å². The summed E-state index contributed by atoms with van der Waals surface area (Å²) in [5.74, 6) is -2.57. The first-order valence-corrected chi connectivity index (χ1v) is 12.6. The van der Waals surface area contributed by atoms with Crippen molar-refractivity contribution in [1.82, 2.24) is 9.80 Å². The van der Waals surface area contributed by atoms with Crippen molar-refractivity contribution in [1.29, 1.82) is 0 Å². The lowest BCUT2D eigenvalue weighted by Crippen LogP contribution is -2.59. The number of ether oxygens (including phenoxy) is 2. The molecule has 0 saturated carbocycles. The van der Waals surface area contributed by atoms with Crippen LogP contribution in [0.4, 0.5) is 0 Å². The summed E-state index contributed by atoms with van der Waals surface area (Å²) in [5.41, 5.74) is -1.13. The van der Waals surface area contributed by atoms with Crippen LogP contribution < -0.4 is 0 Å². The highest BCUT2D eigenvalue weighted by atomic mass is 79.9. The molecule has 0 aromatic carbocycles. The Balaban J connectivity index is 2.08. The first-order chi connectivity index (χ1) is 15.3. The predicted molar refractivity (Wildman–Crippen MR) is 122 cm³/mol. The molecule has 2 amide bonds. The van der Waals surface area contributed by atoms with E-state index < -0.39 is 41.6 Å². The second-order valence-corrected chi connectivity index (χ2v) is 10.0. The third-order valence-electron chi connectivity index (χ3n) is 7.04. The molecule has 3 rings (SSSR count). The molecule has 3 saturated heterocycles. The van der Waals surface area contributed by atoms with Crippen molar-refractivity contribution in [2.75, 3.05) is 26.3 Å². The number of rotatable bonds is 11. The monoisotopic (exact) mass is 514 g/mol. The summed E-state index contributed by atoms with van der Waals surface area (Å²) in [7, 11) is 0. The molecule has 9 heteroatoms. The molecule has 3 unspecified atom stereocenters. The molecule has 8 nitrogen and oxygen atoms in total. The summed E-state index contributed by atoms with van der Waals surface area (Å²) >= 11 is 3.63. The number of esters is 1. The average molecular weight is 515 g/mol. The number of aliphatic hydroxyl groups excluding tert-OH is 1. The maximum absolute atomic E-state index is 14.0. The lowest BCUT2D eigenvalue weighted by molar-refractivity contribution is -0.156. The van der Waals surface area contributed by atoms with Crippen molar-refractivity contribution in [3.8, 4) is 0 Å². The fourth-order valence-corrected chi connectivity index (χ4v) is 6.57. The topological polar surface area (TPSA) is 96.4 Å². The van der Waals surface area contributed by atoms with E-state index in [4.69, 9.17) is 9.47 Å². The van der Waals surface area contributed by atoms with Crippen LogP contribution in [0.25, 0.3) is 0 Å². The number of aliphatic hydroxyl groups is 1. The highest BCUT2D eigenvalue weighted by molar-refractivity contribution is 9.09. The van der Waals surface area contributed by atoms with E-state index in [2.05, 4.69) is 29.4 Å². The summed E-state index contributed by atoms with van der Waals surface area (Å²) in [4.78, 5) is 43.7. The van der Waals surface area contributed by atoms with Crippen molar-refractivity contribution in [3.63, 3.8) is 0 Å². The smallest absolute Gasteiger partial charge is 0.312 e. The fraction of sp³-hybridized carbons (Fsp3) is 0.783. The molecular formula is C23H35BrN2O6. The Hall–Kier alpha value is -1.45. The third-order valence-corrected chi connectivity index (χ3v) is 7.88. The molecule has 7 atom stereocenters. The number of fused-ring (bicyclic) bond motifs is 1. The van der Waals surface area contributed by atoms with Crippen LogP contribution in [0.1, 0.15) is 46.5 Å². The Morgan fingerprint density at radius 2 is 2.16 bits per heavy atom. The molecule has 0 aliphatic carbocycles. The number of hydrogen-bond acceptors (Lipinski definition) is 6. The van der Waals surface area contributed by atoms with Gasteiger partial charge in [-0.3, -0.25) is 14.4 Å². The maximum atomic E-state index is 14.0. The maximum Gasteiger partial charge on any atom is 0.312 e. The van der Waals surface area contributed by atoms with E-state index in [-0.39, 0.29) is 29.9 Å². The van der Waals surface area contributed by atoms with Gasteiger partial charge in [0, 0.05) is 17.9 Å². The largest absolute Gasteiger partial charge is 0.466 e. The van der Waals surface area contributed by atoms with E-state index in [1.54, 1.807) is 17.9 Å². The minimum absolute atomic E-state index is 0.172. The van der Waals surface area contributed by atoms with Crippen LogP contribution in [-0.2, 0) is 23.9 Å². The van der Waals surface area contributed by atoms with Crippen LogP contribution in [0.2, 0.25) is 0 Å². The van der Waals surface area contributed by atoms with Crippen molar-refractivity contribution >= 4 is 33.7 Å². The zero-order valence-corrected chi connectivity index (χ0v) is 20.8. The van der Waals surface area contributed by atoms with Crippen LogP contribution in [0.15, 0.2) is 12.7 Å². The van der Waals surface area contributed by atoms with Gasteiger partial charge in [0.15, 0.2) is 0 Å². The summed E-state index contributed by atoms with van der Waals surface area (Å²) in [6.45, 7) is 10.3. The predicted octanol–water partition coefficient (Wildman–Crippen LogP) is 1.88. The van der Waals surface area contributed by atoms with Crippen LogP contribution in [0.3, 0.4) is 0 Å². The van der Waals surface area contributed by atoms with Gasteiger partial charge in [0.2, 0.25) is 11.8 Å². The summed E-state index contributed by atoms with van der Waals surface area (Å²) in [5, 5.41) is 10.1. The average Bonchev–Trinajstić information content (AvgIpc) is 3.36. The van der Waals surface area contributed by atoms with Gasteiger partial charge >= 0.3 is 5.97 Å². The third kappa shape index (κ3) is 3.90. The number of likely N-dealkylation sites (tertiary alicyclic amines) is 1. The van der Waals surface area contributed by atoms with Gasteiger partial charge in [-0.25, -0.2) is 0 Å². The van der Waals surface area contributed by atoms with Gasteiger partial charge in [-0.15, -0.1) is 6.58 Å². The quantitative estimate of drug-likeness (QED) is 0.257. The van der Waals surface area contributed by atoms with Gasteiger partial charge in [-0.05, 0) is 26.2 Å². The SMILES string of the molecule is C=CCN(CCCC)C(=O)C1N([C@@H](CC)CO)C(=O)[C@@H]2[C@@H](C(=O)OCC)[C@@H]3OC12CC3Br. The molecule has 1 N–H and O–H groups in total. The van der Waals surface area contributed by atoms with E-state index in [9.17, 15) is 19.5 Å². The first-order valence-electron chi connectivity index (χ1n) is 11.6. The first kappa shape index (κ1) is 25.2. The Bertz CT molecular complexity index is 744. The number of halogens is 1. The summed E-state index contributed by atoms with van der Waals surface area (Å²) in [6, 6.07) is -1.44. The molecular weight excluding hydrogens is 480 g/mol. The Labute approximate surface area is 198 Å². The van der Waals surface area contributed by atoms with Crippen LogP contribution in [-0.4, -0.2) is 87.6 Å². The number of amides is 2. The van der Waals surface area contributed by atoms with Crippen molar-refractivity contribution in [2.24, 2.45) is 11.8 Å². The second kappa shape index (κ2) is 10.2. The van der Waals surface area contributed by atoms with E-state index in [0.717, 1.165) is 12.8 Å². The lowest BCUT2D eigenvalue weighted by Gasteiger charge is -2.39. The Kier molecular flexibility index (Phi) is 8.04. The number of carbonyl (C=O) groups excluding carboxylic acids is 3. The number of alkyl halides is 1. The standard InChI is InChI=1S/C23H35BrN2O6/c1-5-9-11-25(10-6-2)21(29)19-23-12-15(24)18(32-23)16(22(30)31-8-4)17(23)20(28)26(19)14(7-3)13-27/h6,14-19,27H,2,5,7-13H2,1,3-4H3/t14-,15?,16+,17-,18+,19?,23?/m0/s1. The van der Waals surface area contributed by atoms with Crippen molar-refractivity contribution < 1.29 is 29.0 Å². The van der Waals surface area contributed by atoms with E-state index in [0.29, 0.717) is 25.9 Å². The van der Waals surface area contributed by atoms with Gasteiger partial charge in [-0.2, -0.15) is 0 Å². The zero-order chi connectivity index (χ0) is 23.6.